The molecule has 2 saturated carbocycles. The van der Waals surface area contributed by atoms with Crippen LogP contribution in [0, 0.1) is 17.8 Å². The number of pyridine rings is 1. The molecule has 0 radical (unpaired) electrons. The van der Waals surface area contributed by atoms with Crippen LogP contribution in [0.4, 0.5) is 0 Å². The van der Waals surface area contributed by atoms with Crippen molar-refractivity contribution in [3.8, 4) is 0 Å². The van der Waals surface area contributed by atoms with Crippen LogP contribution in [0.25, 0.3) is 10.9 Å². The molecule has 2 aliphatic carbocycles. The van der Waals surface area contributed by atoms with Gasteiger partial charge in [0.05, 0.1) is 5.52 Å². The number of hydrogen-bond acceptors (Lipinski definition) is 2. The number of aromatic nitrogens is 1. The zero-order valence-electron chi connectivity index (χ0n) is 12.0. The highest BCUT2D eigenvalue weighted by Gasteiger charge is 2.55. The molecule has 20 heavy (non-hydrogen) atoms. The summed E-state index contributed by atoms with van der Waals surface area (Å²) in [7, 11) is 0. The highest BCUT2D eigenvalue weighted by Crippen LogP contribution is 2.62. The molecule has 4 rings (SSSR count). The number of rotatable bonds is 4. The Balaban J connectivity index is 1.67. The van der Waals surface area contributed by atoms with Crippen molar-refractivity contribution >= 4 is 10.9 Å². The summed E-state index contributed by atoms with van der Waals surface area (Å²) in [6.07, 6.45) is 6.23. The Morgan fingerprint density at radius 3 is 2.90 bits per heavy atom. The van der Waals surface area contributed by atoms with E-state index in [1.54, 1.807) is 0 Å². The van der Waals surface area contributed by atoms with Gasteiger partial charge in [-0.1, -0.05) is 31.5 Å². The molecule has 3 atom stereocenters. The summed E-state index contributed by atoms with van der Waals surface area (Å²) in [5, 5.41) is 4.96. The van der Waals surface area contributed by atoms with Gasteiger partial charge in [0.1, 0.15) is 0 Å². The van der Waals surface area contributed by atoms with E-state index in [1.807, 2.05) is 12.3 Å². The third-order valence-electron chi connectivity index (χ3n) is 5.27. The van der Waals surface area contributed by atoms with Gasteiger partial charge in [-0.2, -0.15) is 0 Å². The average Bonchev–Trinajstić information content (AvgIpc) is 2.94. The van der Waals surface area contributed by atoms with Gasteiger partial charge in [0.25, 0.3) is 0 Å². The van der Waals surface area contributed by atoms with Crippen LogP contribution in [-0.2, 0) is 0 Å². The monoisotopic (exact) mass is 266 g/mol. The SMILES string of the molecule is CCNC(c1ccc2cccnc2c1)C1C2CCCC21. The number of nitrogens with zero attached hydrogens (tertiary/aromatic N) is 1. The fourth-order valence-electron chi connectivity index (χ4n) is 4.34. The van der Waals surface area contributed by atoms with E-state index in [0.29, 0.717) is 6.04 Å². The standard InChI is InChI=1S/C18H22N2/c1-2-19-18(17-14-6-3-7-15(14)17)13-9-8-12-5-4-10-20-16(12)11-13/h4-5,8-11,14-15,17-19H,2-3,6-7H2,1H3. The molecule has 0 aliphatic heterocycles. The first-order valence-electron chi connectivity index (χ1n) is 7.96. The molecule has 3 unspecified atom stereocenters. The van der Waals surface area contributed by atoms with Crippen LogP contribution in [-0.4, -0.2) is 11.5 Å². The largest absolute Gasteiger partial charge is 0.310 e. The van der Waals surface area contributed by atoms with E-state index < -0.39 is 0 Å². The fraction of sp³-hybridized carbons (Fsp3) is 0.500. The molecular weight excluding hydrogens is 244 g/mol. The molecule has 104 valence electrons. The Hall–Kier alpha value is -1.41. The van der Waals surface area contributed by atoms with Crippen molar-refractivity contribution in [2.24, 2.45) is 17.8 Å². The van der Waals surface area contributed by atoms with Crippen molar-refractivity contribution in [2.45, 2.75) is 32.2 Å². The molecule has 0 amide bonds. The molecule has 2 aromatic rings. The maximum atomic E-state index is 4.51. The Morgan fingerprint density at radius 2 is 2.10 bits per heavy atom. The van der Waals surface area contributed by atoms with E-state index in [0.717, 1.165) is 29.8 Å². The first kappa shape index (κ1) is 12.3. The maximum Gasteiger partial charge on any atom is 0.0705 e. The van der Waals surface area contributed by atoms with Crippen molar-refractivity contribution in [1.29, 1.82) is 0 Å². The second kappa shape index (κ2) is 4.85. The minimum atomic E-state index is 0.529. The summed E-state index contributed by atoms with van der Waals surface area (Å²) in [5.41, 5.74) is 2.55. The molecule has 1 N–H and O–H groups in total. The van der Waals surface area contributed by atoms with Gasteiger partial charge in [-0.05, 0) is 54.8 Å². The zero-order chi connectivity index (χ0) is 13.5. The molecule has 1 aromatic heterocycles. The van der Waals surface area contributed by atoms with Crippen molar-refractivity contribution in [1.82, 2.24) is 10.3 Å². The van der Waals surface area contributed by atoms with Crippen LogP contribution in [0.1, 0.15) is 37.8 Å². The molecule has 2 heteroatoms. The van der Waals surface area contributed by atoms with Crippen LogP contribution < -0.4 is 5.32 Å². The Kier molecular flexibility index (Phi) is 2.99. The van der Waals surface area contributed by atoms with Crippen molar-refractivity contribution in [3.05, 3.63) is 42.1 Å². The normalized spacial score (nSPS) is 29.4. The number of fused-ring (bicyclic) bond motifs is 2. The Bertz CT molecular complexity index is 612. The van der Waals surface area contributed by atoms with Crippen molar-refractivity contribution < 1.29 is 0 Å². The summed E-state index contributed by atoms with van der Waals surface area (Å²) >= 11 is 0. The fourth-order valence-corrected chi connectivity index (χ4v) is 4.34. The predicted molar refractivity (Wildman–Crippen MR) is 82.5 cm³/mol. The average molecular weight is 266 g/mol. The van der Waals surface area contributed by atoms with Gasteiger partial charge in [0.2, 0.25) is 0 Å². The summed E-state index contributed by atoms with van der Waals surface area (Å²) in [6.45, 7) is 3.26. The summed E-state index contributed by atoms with van der Waals surface area (Å²) in [4.78, 5) is 4.51. The van der Waals surface area contributed by atoms with Crippen LogP contribution in [0.2, 0.25) is 0 Å². The minimum absolute atomic E-state index is 0.529. The molecular formula is C18H22N2. The van der Waals surface area contributed by atoms with Crippen LogP contribution >= 0.6 is 0 Å². The van der Waals surface area contributed by atoms with E-state index in [2.05, 4.69) is 41.5 Å². The third-order valence-corrected chi connectivity index (χ3v) is 5.27. The summed E-state index contributed by atoms with van der Waals surface area (Å²) in [5.74, 6) is 2.84. The molecule has 0 spiro atoms. The van der Waals surface area contributed by atoms with Gasteiger partial charge in [0.15, 0.2) is 0 Å². The second-order valence-corrected chi connectivity index (χ2v) is 6.33. The summed E-state index contributed by atoms with van der Waals surface area (Å²) < 4.78 is 0. The summed E-state index contributed by atoms with van der Waals surface area (Å²) in [6, 6.07) is 11.5. The lowest BCUT2D eigenvalue weighted by atomic mass is 9.96. The smallest absolute Gasteiger partial charge is 0.0705 e. The highest BCUT2D eigenvalue weighted by atomic mass is 14.9. The van der Waals surface area contributed by atoms with Crippen LogP contribution in [0.3, 0.4) is 0 Å². The molecule has 2 aliphatic rings. The molecule has 2 nitrogen and oxygen atoms in total. The molecule has 2 fully saturated rings. The van der Waals surface area contributed by atoms with Gasteiger partial charge in [0, 0.05) is 17.6 Å². The second-order valence-electron chi connectivity index (χ2n) is 6.33. The van der Waals surface area contributed by atoms with Gasteiger partial charge in [-0.15, -0.1) is 0 Å². The highest BCUT2D eigenvalue weighted by molar-refractivity contribution is 5.79. The third kappa shape index (κ3) is 1.94. The maximum absolute atomic E-state index is 4.51. The van der Waals surface area contributed by atoms with Crippen LogP contribution in [0.15, 0.2) is 36.5 Å². The quantitative estimate of drug-likeness (QED) is 0.907. The lowest BCUT2D eigenvalue weighted by molar-refractivity contribution is 0.426. The lowest BCUT2D eigenvalue weighted by Crippen LogP contribution is -2.24. The molecule has 0 bridgehead atoms. The molecule has 1 heterocycles. The van der Waals surface area contributed by atoms with E-state index in [9.17, 15) is 0 Å². The first-order chi connectivity index (χ1) is 9.88. The van der Waals surface area contributed by atoms with Crippen molar-refractivity contribution in [2.75, 3.05) is 6.54 Å². The van der Waals surface area contributed by atoms with Gasteiger partial charge >= 0.3 is 0 Å². The first-order valence-corrected chi connectivity index (χ1v) is 7.96. The van der Waals surface area contributed by atoms with Crippen molar-refractivity contribution in [3.63, 3.8) is 0 Å². The van der Waals surface area contributed by atoms with Gasteiger partial charge < -0.3 is 5.32 Å². The minimum Gasteiger partial charge on any atom is -0.310 e. The topological polar surface area (TPSA) is 24.9 Å². The number of nitrogens with one attached hydrogen (secondary N) is 1. The van der Waals surface area contributed by atoms with E-state index in [4.69, 9.17) is 0 Å². The molecule has 0 saturated heterocycles. The van der Waals surface area contributed by atoms with Gasteiger partial charge in [-0.3, -0.25) is 4.98 Å². The number of hydrogen-bond donors (Lipinski definition) is 1. The van der Waals surface area contributed by atoms with E-state index in [-0.39, 0.29) is 0 Å². The lowest BCUT2D eigenvalue weighted by Gasteiger charge is -2.20. The van der Waals surface area contributed by atoms with E-state index >= 15 is 0 Å². The van der Waals surface area contributed by atoms with Crippen LogP contribution in [0.5, 0.6) is 0 Å². The predicted octanol–water partition coefficient (Wildman–Crippen LogP) is 3.93. The zero-order valence-corrected chi connectivity index (χ0v) is 12.0. The molecule has 1 aromatic carbocycles. The van der Waals surface area contributed by atoms with E-state index in [1.165, 1.54) is 30.2 Å². The number of benzene rings is 1. The Morgan fingerprint density at radius 1 is 1.25 bits per heavy atom. The Labute approximate surface area is 120 Å². The van der Waals surface area contributed by atoms with Gasteiger partial charge in [-0.25, -0.2) is 0 Å².